The van der Waals surface area contributed by atoms with Gasteiger partial charge in [-0.2, -0.15) is 0 Å². The first kappa shape index (κ1) is 15.1. The largest absolute Gasteiger partial charge is 0.493 e. The number of benzene rings is 1. The van der Waals surface area contributed by atoms with Crippen molar-refractivity contribution >= 4 is 5.65 Å². The summed E-state index contributed by atoms with van der Waals surface area (Å²) in [5.74, 6) is 1.67. The lowest BCUT2D eigenvalue weighted by Gasteiger charge is -2.09. The molecule has 1 saturated carbocycles. The number of hydrogen-bond donors (Lipinski definition) is 1. The fourth-order valence-electron chi connectivity index (χ4n) is 3.23. The van der Waals surface area contributed by atoms with Crippen LogP contribution in [0.1, 0.15) is 24.2 Å². The van der Waals surface area contributed by atoms with E-state index in [0.29, 0.717) is 0 Å². The number of methoxy groups -OCH3 is 1. The second-order valence-electron chi connectivity index (χ2n) is 6.63. The number of pyridine rings is 1. The normalized spacial score (nSPS) is 15.6. The lowest BCUT2D eigenvalue weighted by Crippen LogP contribution is -2.24. The molecule has 0 unspecified atom stereocenters. The molecule has 0 bridgehead atoms. The number of aryl methyl sites for hydroxylation is 1. The molecule has 0 radical (unpaired) electrons. The molecular weight excluding hydrogens is 300 g/mol. The highest BCUT2D eigenvalue weighted by Gasteiger charge is 2.47. The van der Waals surface area contributed by atoms with Crippen molar-refractivity contribution in [2.75, 3.05) is 20.7 Å². The van der Waals surface area contributed by atoms with Gasteiger partial charge in [0, 0.05) is 17.5 Å². The van der Waals surface area contributed by atoms with Gasteiger partial charge in [-0.25, -0.2) is 9.50 Å². The highest BCUT2D eigenvalue weighted by atomic mass is 16.5. The molecule has 3 aromatic rings. The number of rotatable bonds is 5. The van der Waals surface area contributed by atoms with E-state index in [1.807, 2.05) is 23.7 Å². The Bertz CT molecular complexity index is 878. The minimum atomic E-state index is 0.0797. The summed E-state index contributed by atoms with van der Waals surface area (Å²) in [4.78, 5) is 4.83. The molecule has 0 spiro atoms. The number of hydrogen-bond acceptors (Lipinski definition) is 4. The van der Waals surface area contributed by atoms with Crippen LogP contribution in [-0.2, 0) is 5.41 Å². The summed E-state index contributed by atoms with van der Waals surface area (Å²) >= 11 is 0. The van der Waals surface area contributed by atoms with Gasteiger partial charge >= 0.3 is 0 Å². The second kappa shape index (κ2) is 5.60. The van der Waals surface area contributed by atoms with Gasteiger partial charge in [0.15, 0.2) is 17.2 Å². The standard InChI is InChI=1S/C19H22N4O/c1-13-4-6-14(7-5-13)15-8-9-16(24-3)17-21-18(22-23(15)17)19(10-11-19)12-20-2/h4-9,20H,10-12H2,1-3H3. The van der Waals surface area contributed by atoms with Crippen LogP contribution in [0.4, 0.5) is 0 Å². The summed E-state index contributed by atoms with van der Waals surface area (Å²) in [7, 11) is 3.66. The smallest absolute Gasteiger partial charge is 0.198 e. The number of aromatic nitrogens is 3. The predicted molar refractivity (Wildman–Crippen MR) is 94.6 cm³/mol. The van der Waals surface area contributed by atoms with Gasteiger partial charge in [0.2, 0.25) is 0 Å². The zero-order valence-electron chi connectivity index (χ0n) is 14.3. The molecule has 4 rings (SSSR count). The molecule has 1 fully saturated rings. The van der Waals surface area contributed by atoms with Crippen molar-refractivity contribution in [3.8, 4) is 17.0 Å². The Morgan fingerprint density at radius 1 is 1.17 bits per heavy atom. The molecule has 1 aromatic carbocycles. The summed E-state index contributed by atoms with van der Waals surface area (Å²) in [6.45, 7) is 3.00. The van der Waals surface area contributed by atoms with Crippen LogP contribution in [0.25, 0.3) is 16.9 Å². The van der Waals surface area contributed by atoms with E-state index >= 15 is 0 Å². The average Bonchev–Trinajstić information content (AvgIpc) is 3.23. The number of likely N-dealkylation sites (N-methyl/N-ethyl adjacent to an activating group) is 1. The van der Waals surface area contributed by atoms with E-state index in [4.69, 9.17) is 14.8 Å². The fraction of sp³-hybridized carbons (Fsp3) is 0.368. The molecule has 0 atom stereocenters. The van der Waals surface area contributed by atoms with Crippen LogP contribution >= 0.6 is 0 Å². The first-order valence-corrected chi connectivity index (χ1v) is 8.33. The lowest BCUT2D eigenvalue weighted by atomic mass is 10.1. The Kier molecular flexibility index (Phi) is 3.53. The van der Waals surface area contributed by atoms with Crippen molar-refractivity contribution in [2.45, 2.75) is 25.2 Å². The van der Waals surface area contributed by atoms with E-state index in [1.54, 1.807) is 7.11 Å². The van der Waals surface area contributed by atoms with Crippen LogP contribution in [0.5, 0.6) is 5.75 Å². The predicted octanol–water partition coefficient (Wildman–Crippen LogP) is 2.96. The van der Waals surface area contributed by atoms with E-state index in [1.165, 1.54) is 5.56 Å². The van der Waals surface area contributed by atoms with Gasteiger partial charge in [-0.15, -0.1) is 5.10 Å². The van der Waals surface area contributed by atoms with Gasteiger partial charge < -0.3 is 10.1 Å². The number of nitrogens with one attached hydrogen (secondary N) is 1. The van der Waals surface area contributed by atoms with E-state index in [0.717, 1.165) is 47.9 Å². The van der Waals surface area contributed by atoms with Crippen molar-refractivity contribution in [1.82, 2.24) is 19.9 Å². The quantitative estimate of drug-likeness (QED) is 0.784. The van der Waals surface area contributed by atoms with Crippen LogP contribution < -0.4 is 10.1 Å². The molecule has 24 heavy (non-hydrogen) atoms. The van der Waals surface area contributed by atoms with Crippen molar-refractivity contribution in [3.63, 3.8) is 0 Å². The van der Waals surface area contributed by atoms with Crippen LogP contribution in [-0.4, -0.2) is 35.3 Å². The van der Waals surface area contributed by atoms with E-state index in [9.17, 15) is 0 Å². The summed E-state index contributed by atoms with van der Waals surface area (Å²) in [6, 6.07) is 12.5. The van der Waals surface area contributed by atoms with Crippen LogP contribution in [0.15, 0.2) is 36.4 Å². The molecule has 1 aliphatic rings. The van der Waals surface area contributed by atoms with Gasteiger partial charge in [0.1, 0.15) is 0 Å². The molecule has 5 heteroatoms. The maximum Gasteiger partial charge on any atom is 0.198 e. The van der Waals surface area contributed by atoms with E-state index in [2.05, 4.69) is 36.5 Å². The minimum absolute atomic E-state index is 0.0797. The van der Waals surface area contributed by atoms with Gasteiger partial charge in [-0.1, -0.05) is 29.8 Å². The zero-order valence-corrected chi connectivity index (χ0v) is 14.3. The Morgan fingerprint density at radius 3 is 2.54 bits per heavy atom. The van der Waals surface area contributed by atoms with Gasteiger partial charge in [-0.3, -0.25) is 0 Å². The molecular formula is C19H22N4O. The first-order valence-electron chi connectivity index (χ1n) is 8.33. The van der Waals surface area contributed by atoms with Gasteiger partial charge in [-0.05, 0) is 38.9 Å². The average molecular weight is 322 g/mol. The summed E-state index contributed by atoms with van der Waals surface area (Å²) in [5, 5.41) is 8.13. The third kappa shape index (κ3) is 2.36. The molecule has 1 N–H and O–H groups in total. The molecule has 124 valence electrons. The van der Waals surface area contributed by atoms with Gasteiger partial charge in [0.05, 0.1) is 12.8 Å². The fourth-order valence-corrected chi connectivity index (χ4v) is 3.23. The van der Waals surface area contributed by atoms with Crippen LogP contribution in [0.3, 0.4) is 0 Å². The summed E-state index contributed by atoms with van der Waals surface area (Å²) in [5.41, 5.74) is 4.27. The monoisotopic (exact) mass is 322 g/mol. The van der Waals surface area contributed by atoms with Crippen LogP contribution in [0, 0.1) is 6.92 Å². The number of ether oxygens (including phenoxy) is 1. The number of nitrogens with zero attached hydrogens (tertiary/aromatic N) is 3. The Hall–Kier alpha value is -2.40. The maximum atomic E-state index is 5.50. The molecule has 1 aliphatic carbocycles. The lowest BCUT2D eigenvalue weighted by molar-refractivity contribution is 0.416. The van der Waals surface area contributed by atoms with E-state index in [-0.39, 0.29) is 5.41 Å². The molecule has 2 aromatic heterocycles. The third-order valence-corrected chi connectivity index (χ3v) is 4.86. The van der Waals surface area contributed by atoms with Crippen molar-refractivity contribution in [1.29, 1.82) is 0 Å². The first-order chi connectivity index (χ1) is 11.7. The molecule has 0 saturated heterocycles. The van der Waals surface area contributed by atoms with Crippen molar-refractivity contribution < 1.29 is 4.74 Å². The molecule has 0 amide bonds. The number of fused-ring (bicyclic) bond motifs is 1. The van der Waals surface area contributed by atoms with Gasteiger partial charge in [0.25, 0.3) is 0 Å². The Labute approximate surface area is 141 Å². The zero-order chi connectivity index (χ0) is 16.7. The highest BCUT2D eigenvalue weighted by Crippen LogP contribution is 2.46. The molecule has 2 heterocycles. The van der Waals surface area contributed by atoms with Crippen molar-refractivity contribution in [3.05, 3.63) is 47.8 Å². The Balaban J connectivity index is 1.89. The second-order valence-corrected chi connectivity index (χ2v) is 6.63. The summed E-state index contributed by atoms with van der Waals surface area (Å²) < 4.78 is 7.43. The SMILES string of the molecule is CNCC1(c2nc3c(OC)ccc(-c4ccc(C)cc4)n3n2)CC1. The molecule has 0 aliphatic heterocycles. The third-order valence-electron chi connectivity index (χ3n) is 4.86. The Morgan fingerprint density at radius 2 is 1.92 bits per heavy atom. The topological polar surface area (TPSA) is 51.5 Å². The highest BCUT2D eigenvalue weighted by molar-refractivity contribution is 5.67. The molecule has 5 nitrogen and oxygen atoms in total. The maximum absolute atomic E-state index is 5.50. The van der Waals surface area contributed by atoms with Crippen LogP contribution in [0.2, 0.25) is 0 Å². The van der Waals surface area contributed by atoms with E-state index < -0.39 is 0 Å². The minimum Gasteiger partial charge on any atom is -0.493 e. The summed E-state index contributed by atoms with van der Waals surface area (Å²) in [6.07, 6.45) is 2.26. The van der Waals surface area contributed by atoms with Crippen molar-refractivity contribution in [2.24, 2.45) is 0 Å².